The SMILES string of the molecule is Cc1cc(-c2cc(C(C)(C)CC(C)(C)C)cc(-n3c4cc(C(C)(C)C)ccc4c4ccc(C(C)(C)C)cc43)c2O)c(O[C@H](C)C[C@@H](C)Oc2c(-c3cc(C(C)(C)CC(C)(C)C)cc(-n4c5cc(C(C)(C)C)ccc5c5ccc(C(C)(C)C)cc54)c3O)cc(C)c3c2CCC3)c2c1CCC2. The largest absolute Gasteiger partial charge is 0.505 e. The molecule has 0 bridgehead atoms. The number of nitrogens with zero attached hydrogens (tertiary/aromatic N) is 2. The minimum absolute atomic E-state index is 0.0289. The van der Waals surface area contributed by atoms with Crippen molar-refractivity contribution >= 4 is 43.6 Å². The van der Waals surface area contributed by atoms with Crippen LogP contribution < -0.4 is 9.47 Å². The van der Waals surface area contributed by atoms with Gasteiger partial charge in [0.1, 0.15) is 23.0 Å². The van der Waals surface area contributed by atoms with Crippen molar-refractivity contribution in [1.82, 2.24) is 9.13 Å². The third-order valence-corrected chi connectivity index (χ3v) is 22.2. The summed E-state index contributed by atoms with van der Waals surface area (Å²) in [5.74, 6) is 2.23. The fourth-order valence-electron chi connectivity index (χ4n) is 17.6. The van der Waals surface area contributed by atoms with Crippen molar-refractivity contribution in [3.8, 4) is 56.6 Å². The molecule has 2 aliphatic rings. The predicted octanol–water partition coefficient (Wildman–Crippen LogP) is 25.5. The Morgan fingerprint density at radius 2 is 0.636 bits per heavy atom. The van der Waals surface area contributed by atoms with Crippen LogP contribution in [0.5, 0.6) is 23.0 Å². The van der Waals surface area contributed by atoms with Gasteiger partial charge in [-0.1, -0.05) is 201 Å². The first kappa shape index (κ1) is 71.4. The van der Waals surface area contributed by atoms with Crippen molar-refractivity contribution in [3.05, 3.63) is 176 Å². The monoisotopic (exact) mass is 1330 g/mol. The summed E-state index contributed by atoms with van der Waals surface area (Å²) in [7, 11) is 0. The second-order valence-corrected chi connectivity index (χ2v) is 38.5. The lowest BCUT2D eigenvalue weighted by atomic mass is 9.71. The van der Waals surface area contributed by atoms with E-state index in [2.05, 4.69) is 298 Å². The van der Waals surface area contributed by atoms with Crippen LogP contribution in [-0.2, 0) is 58.2 Å². The Bertz CT molecular complexity index is 4390. The van der Waals surface area contributed by atoms with Crippen molar-refractivity contribution in [2.24, 2.45) is 10.8 Å². The van der Waals surface area contributed by atoms with Gasteiger partial charge in [-0.15, -0.1) is 0 Å². The van der Waals surface area contributed by atoms with Crippen LogP contribution in [0.15, 0.2) is 109 Å². The summed E-state index contributed by atoms with van der Waals surface area (Å²) in [6.45, 7) is 59.9. The van der Waals surface area contributed by atoms with Gasteiger partial charge in [0, 0.05) is 50.2 Å². The highest BCUT2D eigenvalue weighted by Crippen LogP contribution is 2.54. The van der Waals surface area contributed by atoms with Crippen molar-refractivity contribution in [3.63, 3.8) is 0 Å². The van der Waals surface area contributed by atoms with Gasteiger partial charge < -0.3 is 28.8 Å². The van der Waals surface area contributed by atoms with Gasteiger partial charge in [0.2, 0.25) is 0 Å². The number of aromatic nitrogens is 2. The van der Waals surface area contributed by atoms with Gasteiger partial charge in [-0.2, -0.15) is 0 Å². The molecule has 0 unspecified atom stereocenters. The summed E-state index contributed by atoms with van der Waals surface area (Å²) in [6, 6.07) is 41.7. The molecule has 12 rings (SSSR count). The molecule has 6 heteroatoms. The van der Waals surface area contributed by atoms with E-state index in [1.807, 2.05) is 0 Å². The maximum atomic E-state index is 13.7. The zero-order chi connectivity index (χ0) is 72.1. The lowest BCUT2D eigenvalue weighted by molar-refractivity contribution is 0.130. The highest BCUT2D eigenvalue weighted by molar-refractivity contribution is 6.11. The maximum Gasteiger partial charge on any atom is 0.147 e. The van der Waals surface area contributed by atoms with Crippen LogP contribution in [0.4, 0.5) is 0 Å². The molecule has 2 N–H and O–H groups in total. The highest BCUT2D eigenvalue weighted by Gasteiger charge is 2.37. The summed E-state index contributed by atoms with van der Waals surface area (Å²) < 4.78 is 20.0. The molecule has 2 aromatic heterocycles. The molecular formula is C93H118N2O4. The Kier molecular flexibility index (Phi) is 17.8. The molecule has 8 aromatic carbocycles. The third-order valence-electron chi connectivity index (χ3n) is 22.2. The molecule has 0 amide bonds. The van der Waals surface area contributed by atoms with E-state index in [0.29, 0.717) is 6.42 Å². The molecule has 2 atom stereocenters. The molecule has 2 aliphatic carbocycles. The molecule has 0 aliphatic heterocycles. The van der Waals surface area contributed by atoms with Crippen molar-refractivity contribution < 1.29 is 19.7 Å². The van der Waals surface area contributed by atoms with Crippen LogP contribution in [0, 0.1) is 24.7 Å². The zero-order valence-electron chi connectivity index (χ0n) is 65.5. The normalized spacial score (nSPS) is 15.1. The molecule has 0 saturated heterocycles. The number of phenols is 2. The van der Waals surface area contributed by atoms with Crippen LogP contribution in [-0.4, -0.2) is 31.6 Å². The number of hydrogen-bond acceptors (Lipinski definition) is 4. The number of rotatable bonds is 14. The van der Waals surface area contributed by atoms with Crippen LogP contribution >= 0.6 is 0 Å². The molecule has 6 nitrogen and oxygen atoms in total. The summed E-state index contributed by atoms with van der Waals surface area (Å²) in [4.78, 5) is 0. The predicted molar refractivity (Wildman–Crippen MR) is 423 cm³/mol. The van der Waals surface area contributed by atoms with E-state index in [4.69, 9.17) is 9.47 Å². The van der Waals surface area contributed by atoms with Crippen molar-refractivity contribution in [2.45, 2.75) is 283 Å². The molecule has 0 spiro atoms. The van der Waals surface area contributed by atoms with E-state index in [9.17, 15) is 10.2 Å². The fraction of sp³-hybridized carbons (Fsp3) is 0.484. The summed E-state index contributed by atoms with van der Waals surface area (Å²) in [6.07, 6.45) is 7.78. The summed E-state index contributed by atoms with van der Waals surface area (Å²) in [5, 5.41) is 32.1. The van der Waals surface area contributed by atoms with E-state index in [1.165, 1.54) is 88.3 Å². The lowest BCUT2D eigenvalue weighted by Gasteiger charge is -2.34. The first-order valence-corrected chi connectivity index (χ1v) is 37.4. The number of fused-ring (bicyclic) bond motifs is 8. The van der Waals surface area contributed by atoms with Gasteiger partial charge in [0.05, 0.1) is 45.6 Å². The van der Waals surface area contributed by atoms with Gasteiger partial charge in [0.15, 0.2) is 0 Å². The molecule has 10 aromatic rings. The molecule has 524 valence electrons. The van der Waals surface area contributed by atoms with Crippen molar-refractivity contribution in [1.29, 1.82) is 0 Å². The van der Waals surface area contributed by atoms with Gasteiger partial charge in [0.25, 0.3) is 0 Å². The molecule has 0 fully saturated rings. The number of aromatic hydroxyl groups is 2. The molecule has 0 saturated carbocycles. The van der Waals surface area contributed by atoms with Crippen LogP contribution in [0.1, 0.15) is 265 Å². The van der Waals surface area contributed by atoms with Crippen LogP contribution in [0.2, 0.25) is 0 Å². The first-order chi connectivity index (χ1) is 45.8. The minimum atomic E-state index is -0.285. The number of hydrogen-bond donors (Lipinski definition) is 2. The third kappa shape index (κ3) is 13.6. The Labute approximate surface area is 595 Å². The highest BCUT2D eigenvalue weighted by atomic mass is 16.5. The number of benzene rings is 8. The zero-order valence-corrected chi connectivity index (χ0v) is 65.5. The Hall–Kier alpha value is -7.44. The van der Waals surface area contributed by atoms with E-state index < -0.39 is 0 Å². The Morgan fingerprint density at radius 3 is 0.909 bits per heavy atom. The number of ether oxygens (including phenoxy) is 2. The average molecular weight is 1330 g/mol. The molecule has 99 heavy (non-hydrogen) atoms. The van der Waals surface area contributed by atoms with Crippen LogP contribution in [0.3, 0.4) is 0 Å². The molecule has 2 heterocycles. The number of phenolic OH excluding ortho intramolecular Hbond substituents is 2. The molecule has 0 radical (unpaired) electrons. The first-order valence-electron chi connectivity index (χ1n) is 37.4. The van der Waals surface area contributed by atoms with E-state index in [1.54, 1.807) is 0 Å². The second kappa shape index (κ2) is 24.7. The Balaban J connectivity index is 1.00. The van der Waals surface area contributed by atoms with Gasteiger partial charge in [-0.25, -0.2) is 0 Å². The second-order valence-electron chi connectivity index (χ2n) is 38.5. The number of aryl methyl sites for hydroxylation is 2. The quantitative estimate of drug-likeness (QED) is 0.114. The van der Waals surface area contributed by atoms with E-state index in [0.717, 1.165) is 119 Å². The maximum absolute atomic E-state index is 13.7. The van der Waals surface area contributed by atoms with Gasteiger partial charge >= 0.3 is 0 Å². The summed E-state index contributed by atoms with van der Waals surface area (Å²) in [5.41, 5.74) is 23.5. The van der Waals surface area contributed by atoms with E-state index >= 15 is 0 Å². The topological polar surface area (TPSA) is 68.8 Å². The minimum Gasteiger partial charge on any atom is -0.505 e. The summed E-state index contributed by atoms with van der Waals surface area (Å²) >= 11 is 0. The van der Waals surface area contributed by atoms with Gasteiger partial charge in [-0.3, -0.25) is 0 Å². The average Bonchev–Trinajstić information content (AvgIpc) is 1.63. The van der Waals surface area contributed by atoms with Gasteiger partial charge in [-0.05, 0) is 250 Å². The fourth-order valence-corrected chi connectivity index (χ4v) is 17.6. The van der Waals surface area contributed by atoms with Crippen molar-refractivity contribution in [2.75, 3.05) is 0 Å². The molecular weight excluding hydrogens is 1210 g/mol. The Morgan fingerprint density at radius 1 is 0.354 bits per heavy atom. The standard InChI is InChI=1S/C93H118N2O4/c1-54-41-74(72-44-62(92(23,24)52-86(5,6)7)50-80(82(72)96)94-76-46-58(88(11,12)13)33-37-66(76)67-38-34-59(47-77(67)94)89(14,15)16)84(70-31-27-29-64(54)70)98-56(3)43-57(4)99-85-71-32-28-30-65(71)55(2)42-75(85)73-45-63(93(25,26)53-87(8,9)10)51-81(83(73)97)95-78-48-60(90(17,18)19)35-39-68(78)69-40-36-61(49-79(69)95)91(20,21)22/h33-42,44-51,56-57,96-97H,27-32,43,52-53H2,1-26H3/t56-,57-/m1/s1. The lowest BCUT2D eigenvalue weighted by Crippen LogP contribution is -2.25. The van der Waals surface area contributed by atoms with E-state index in [-0.39, 0.29) is 67.0 Å². The van der Waals surface area contributed by atoms with Crippen LogP contribution in [0.25, 0.3) is 77.2 Å². The smallest absolute Gasteiger partial charge is 0.147 e.